The molecule has 21 heteroatoms. The van der Waals surface area contributed by atoms with Crippen LogP contribution < -0.4 is 15.4 Å². The number of anilines is 1. The fourth-order valence-electron chi connectivity index (χ4n) is 11.8. The molecule has 2 aliphatic rings. The van der Waals surface area contributed by atoms with Gasteiger partial charge in [0.25, 0.3) is 11.8 Å². The summed E-state index contributed by atoms with van der Waals surface area (Å²) in [6.45, 7) is 4.93. The van der Waals surface area contributed by atoms with Gasteiger partial charge in [0.05, 0.1) is 29.5 Å². The van der Waals surface area contributed by atoms with E-state index in [-0.39, 0.29) is 40.2 Å². The lowest BCUT2D eigenvalue weighted by Crippen LogP contribution is -2.71. The number of carbonyl (C=O) groups excluding carboxylic acids is 4. The number of rotatable bonds is 21. The summed E-state index contributed by atoms with van der Waals surface area (Å²) in [6.07, 6.45) is -0.782. The fourth-order valence-corrected chi connectivity index (χ4v) is 15.5. The van der Waals surface area contributed by atoms with Crippen LogP contribution in [0.25, 0.3) is 11.0 Å². The minimum absolute atomic E-state index is 0.0174. The lowest BCUT2D eigenvalue weighted by atomic mass is 9.63. The van der Waals surface area contributed by atoms with E-state index in [1.807, 2.05) is 182 Å². The maximum Gasteiger partial charge on any atom is 0.413 e. The monoisotopic (exact) mass is 1280 g/mol. The van der Waals surface area contributed by atoms with Crippen LogP contribution in [0.2, 0.25) is 0 Å². The van der Waals surface area contributed by atoms with Gasteiger partial charge < -0.3 is 24.4 Å². The number of H-pyrrole nitrogens is 1. The van der Waals surface area contributed by atoms with Gasteiger partial charge in [0, 0.05) is 33.4 Å². The average Bonchev–Trinajstić information content (AvgIpc) is 0.995. The Bertz CT molecular complexity index is 4300. The van der Waals surface area contributed by atoms with E-state index in [4.69, 9.17) is 19.0 Å². The normalized spacial score (nSPS) is 15.2. The first-order valence-corrected chi connectivity index (χ1v) is 33.2. The van der Waals surface area contributed by atoms with Crippen molar-refractivity contribution in [2.75, 3.05) is 23.9 Å². The predicted molar refractivity (Wildman–Crippen MR) is 353 cm³/mol. The van der Waals surface area contributed by atoms with Crippen LogP contribution in [-0.2, 0) is 61.9 Å². The van der Waals surface area contributed by atoms with Crippen molar-refractivity contribution in [3.8, 4) is 5.75 Å². The molecule has 2 aliphatic heterocycles. The number of hydrogen-bond acceptors (Lipinski definition) is 16. The molecule has 92 heavy (non-hydrogen) atoms. The van der Waals surface area contributed by atoms with Crippen LogP contribution in [0.15, 0.2) is 240 Å². The average molecular weight is 1280 g/mol. The van der Waals surface area contributed by atoms with E-state index in [1.165, 1.54) is 29.2 Å². The van der Waals surface area contributed by atoms with Crippen molar-refractivity contribution in [1.82, 2.24) is 30.6 Å². The minimum Gasteiger partial charge on any atom is -0.497 e. The molecular formula is C71H62N8O10S3. The molecule has 0 spiro atoms. The summed E-state index contributed by atoms with van der Waals surface area (Å²) in [5.41, 5.74) is 3.26. The van der Waals surface area contributed by atoms with Gasteiger partial charge in [-0.3, -0.25) is 24.9 Å². The van der Waals surface area contributed by atoms with Gasteiger partial charge in [0.1, 0.15) is 46.3 Å². The zero-order valence-electron chi connectivity index (χ0n) is 50.4. The molecule has 2 atom stereocenters. The van der Waals surface area contributed by atoms with Crippen LogP contribution in [0.1, 0.15) is 76.5 Å². The zero-order chi connectivity index (χ0) is 64.0. The molecule has 0 radical (unpaired) electrons. The molecule has 0 aliphatic carbocycles. The van der Waals surface area contributed by atoms with E-state index in [0.717, 1.165) is 28.0 Å². The summed E-state index contributed by atoms with van der Waals surface area (Å²) in [6, 6.07) is 66.8. The number of nitrogens with one attached hydrogen (secondary N) is 3. The molecule has 8 aromatic carbocycles. The van der Waals surface area contributed by atoms with E-state index in [2.05, 4.69) is 36.2 Å². The number of β-lactam (4-membered cyclic amide) rings is 1. The molecule has 3 amide bonds. The zero-order valence-corrected chi connectivity index (χ0v) is 52.8. The predicted octanol–water partition coefficient (Wildman–Crippen LogP) is 11.9. The molecule has 12 rings (SSSR count). The van der Waals surface area contributed by atoms with Gasteiger partial charge in [-0.05, 0) is 72.4 Å². The molecule has 2 aromatic heterocycles. The quantitative estimate of drug-likeness (QED) is 0.0200. The van der Waals surface area contributed by atoms with E-state index in [0.29, 0.717) is 50.2 Å². The number of nitrogens with zero attached hydrogens (tertiary/aromatic N) is 5. The van der Waals surface area contributed by atoms with Crippen LogP contribution in [0.5, 0.6) is 5.75 Å². The van der Waals surface area contributed by atoms with Crippen molar-refractivity contribution in [2.24, 2.45) is 5.16 Å². The van der Waals surface area contributed by atoms with E-state index >= 15 is 18.0 Å². The molecule has 464 valence electrons. The molecule has 3 N–H and O–H groups in total. The molecule has 0 saturated carbocycles. The number of esters is 1. The van der Waals surface area contributed by atoms with Crippen molar-refractivity contribution >= 4 is 78.7 Å². The summed E-state index contributed by atoms with van der Waals surface area (Å²) in [5.74, 6) is -3.22. The van der Waals surface area contributed by atoms with Crippen molar-refractivity contribution in [3.63, 3.8) is 0 Å². The van der Waals surface area contributed by atoms with Gasteiger partial charge in [-0.1, -0.05) is 211 Å². The second kappa shape index (κ2) is 26.3. The van der Waals surface area contributed by atoms with E-state index in [9.17, 15) is 9.59 Å². The minimum atomic E-state index is -4.29. The number of ether oxygens (including phenoxy) is 3. The molecule has 10 aromatic rings. The number of thioether (sulfide) groups is 1. The van der Waals surface area contributed by atoms with Crippen molar-refractivity contribution in [2.45, 2.75) is 61.2 Å². The molecule has 18 nitrogen and oxygen atoms in total. The summed E-state index contributed by atoms with van der Waals surface area (Å²) < 4.78 is 47.6. The maximum atomic E-state index is 15.4. The third-order valence-electron chi connectivity index (χ3n) is 15.8. The number of benzene rings is 8. The summed E-state index contributed by atoms with van der Waals surface area (Å²) in [5, 5.41) is 22.7. The summed E-state index contributed by atoms with van der Waals surface area (Å²) in [4.78, 5) is 70.8. The molecular weight excluding hydrogens is 1220 g/mol. The van der Waals surface area contributed by atoms with E-state index < -0.39 is 73.3 Å². The number of hydrogen-bond donors (Lipinski definition) is 3. The Balaban J connectivity index is 0.911. The first kappa shape index (κ1) is 62.0. The standard InChI is InChI=1S/C71H62N8O10S3/c1-69(2,3)88-68(83)74-67-72-57(43-91-67)60(77-89-71(52-29-17-8-18-30-52,53-31-19-9-20-32-53)54-33-21-10-22-34-54)63(80)73-61-64(81)79-62(66(82)87-41-46-35-38-55(86-4)39-36-46)48(42-90-65(61)79)45-92(84,85)44-47-37-40-56-59(76-78-75-56)58(47)70(49-23-11-5-12-24-49,50-25-13-6-14-26-50)51-27-15-7-16-28-51/h5-40,43,61,65H,41-42,44-45H2,1-4H3,(H,73,80)(H,72,74,83)(H,75,76,78)/b77-60-/t61?,65-/m1/s1. The Morgan fingerprint density at radius 2 is 1.23 bits per heavy atom. The van der Waals surface area contributed by atoms with Crippen LogP contribution >= 0.6 is 23.1 Å². The lowest BCUT2D eigenvalue weighted by Gasteiger charge is -2.49. The smallest absolute Gasteiger partial charge is 0.413 e. The molecule has 1 fully saturated rings. The second-order valence-corrected chi connectivity index (χ2v) is 26.9. The van der Waals surface area contributed by atoms with Crippen LogP contribution in [0, 0.1) is 0 Å². The topological polar surface area (TPSA) is 233 Å². The summed E-state index contributed by atoms with van der Waals surface area (Å²) in [7, 11) is -2.75. The van der Waals surface area contributed by atoms with Gasteiger partial charge in [-0.2, -0.15) is 0 Å². The Hall–Kier alpha value is -10.2. The highest BCUT2D eigenvalue weighted by molar-refractivity contribution is 8.00. The van der Waals surface area contributed by atoms with Crippen molar-refractivity contribution in [3.05, 3.63) is 291 Å². The number of amides is 3. The lowest BCUT2D eigenvalue weighted by molar-refractivity contribution is -0.153. The highest BCUT2D eigenvalue weighted by Gasteiger charge is 2.55. The van der Waals surface area contributed by atoms with Crippen molar-refractivity contribution in [1.29, 1.82) is 0 Å². The highest BCUT2D eigenvalue weighted by atomic mass is 32.2. The number of aromatic nitrogens is 4. The first-order chi connectivity index (χ1) is 44.6. The number of methoxy groups -OCH3 is 1. The molecule has 0 bridgehead atoms. The summed E-state index contributed by atoms with van der Waals surface area (Å²) >= 11 is 2.18. The number of carbonyl (C=O) groups is 4. The van der Waals surface area contributed by atoms with Gasteiger partial charge in [0.15, 0.2) is 20.7 Å². The Labute approximate surface area is 539 Å². The van der Waals surface area contributed by atoms with Gasteiger partial charge >= 0.3 is 12.1 Å². The largest absolute Gasteiger partial charge is 0.497 e. The third-order valence-corrected chi connectivity index (χ3v) is 19.4. The SMILES string of the molecule is COc1ccc(COC(=O)C2=C(CS(=O)(=O)Cc3ccc4[nH]nnc4c3C(c3ccccc3)(c3ccccc3)c3ccccc3)CS[C@@H]3C(NC(=O)/C(=N\OC(c4ccccc4)(c4ccccc4)c4ccccc4)c4csc(NC(=O)OC(C)(C)C)n4)C(=O)N23)cc1. The number of sulfone groups is 1. The van der Waals surface area contributed by atoms with Crippen molar-refractivity contribution < 1.29 is 46.6 Å². The van der Waals surface area contributed by atoms with Gasteiger partial charge in [-0.25, -0.2) is 23.0 Å². The third kappa shape index (κ3) is 12.5. The maximum absolute atomic E-state index is 15.4. The number of thiazole rings is 1. The molecule has 1 unspecified atom stereocenters. The van der Waals surface area contributed by atoms with Gasteiger partial charge in [0.2, 0.25) is 5.60 Å². The Kier molecular flexibility index (Phi) is 17.7. The number of oxime groups is 1. The first-order valence-electron chi connectivity index (χ1n) is 29.4. The second-order valence-electron chi connectivity index (χ2n) is 22.9. The molecule has 1 saturated heterocycles. The van der Waals surface area contributed by atoms with E-state index in [1.54, 1.807) is 57.2 Å². The highest BCUT2D eigenvalue weighted by Crippen LogP contribution is 2.49. The number of aromatic amines is 1. The van der Waals surface area contributed by atoms with Crippen LogP contribution in [-0.4, -0.2) is 98.9 Å². The Morgan fingerprint density at radius 3 is 1.75 bits per heavy atom. The molecule has 4 heterocycles. The number of fused-ring (bicyclic) bond motifs is 2. The Morgan fingerprint density at radius 1 is 0.696 bits per heavy atom. The van der Waals surface area contributed by atoms with Gasteiger partial charge in [-0.15, -0.1) is 28.2 Å². The van der Waals surface area contributed by atoms with Crippen LogP contribution in [0.4, 0.5) is 9.93 Å². The van der Waals surface area contributed by atoms with Crippen LogP contribution in [0.3, 0.4) is 0 Å². The fraction of sp³-hybridized carbons (Fsp3) is 0.183.